The first-order valence-corrected chi connectivity index (χ1v) is 7.49. The summed E-state index contributed by atoms with van der Waals surface area (Å²) in [5.74, 6) is 0.680. The molecule has 0 amide bonds. The fourth-order valence-corrected chi connectivity index (χ4v) is 3.73. The van der Waals surface area contributed by atoms with Crippen LogP contribution in [0.2, 0.25) is 0 Å². The highest BCUT2D eigenvalue weighted by molar-refractivity contribution is 5.42. The number of ether oxygens (including phenoxy) is 1. The van der Waals surface area contributed by atoms with Crippen molar-refractivity contribution >= 4 is 0 Å². The van der Waals surface area contributed by atoms with Gasteiger partial charge in [-0.2, -0.15) is 0 Å². The Hall–Kier alpha value is -1.26. The van der Waals surface area contributed by atoms with Crippen molar-refractivity contribution in [2.24, 2.45) is 0 Å². The third-order valence-corrected chi connectivity index (χ3v) is 4.70. The van der Waals surface area contributed by atoms with Gasteiger partial charge >= 0.3 is 0 Å². The van der Waals surface area contributed by atoms with E-state index in [1.807, 2.05) is 12.1 Å². The number of benzene rings is 1. The molecular weight excluding hydrogens is 254 g/mol. The standard InChI is InChI=1S/C16H23NO3/c1-20-16-6-5-11(8-15(16)19)14-10-13(18)9-12-4-2-3-7-17(12)14/h5-6,8,12-14,18-19H,2-4,7,9-10H2,1H3/t12-,13-,14+/m0/s1. The third-order valence-electron chi connectivity index (χ3n) is 4.70. The highest BCUT2D eigenvalue weighted by Gasteiger charge is 2.37. The Labute approximate surface area is 120 Å². The van der Waals surface area contributed by atoms with Crippen LogP contribution in [0.3, 0.4) is 0 Å². The van der Waals surface area contributed by atoms with Gasteiger partial charge in [-0.15, -0.1) is 0 Å². The van der Waals surface area contributed by atoms with E-state index in [9.17, 15) is 10.2 Å². The minimum Gasteiger partial charge on any atom is -0.504 e. The molecule has 3 rings (SSSR count). The van der Waals surface area contributed by atoms with Gasteiger partial charge in [-0.1, -0.05) is 12.5 Å². The molecule has 3 atom stereocenters. The lowest BCUT2D eigenvalue weighted by molar-refractivity contribution is -0.0180. The van der Waals surface area contributed by atoms with Gasteiger partial charge in [-0.3, -0.25) is 4.90 Å². The molecule has 2 heterocycles. The van der Waals surface area contributed by atoms with Gasteiger partial charge in [0.05, 0.1) is 13.2 Å². The van der Waals surface area contributed by atoms with Crippen molar-refractivity contribution in [1.29, 1.82) is 0 Å². The second-order valence-electron chi connectivity index (χ2n) is 5.96. The summed E-state index contributed by atoms with van der Waals surface area (Å²) in [6.45, 7) is 1.09. The molecule has 2 saturated heterocycles. The van der Waals surface area contributed by atoms with Crippen LogP contribution in [0.5, 0.6) is 11.5 Å². The van der Waals surface area contributed by atoms with E-state index in [1.165, 1.54) is 19.3 Å². The molecule has 0 radical (unpaired) electrons. The Balaban J connectivity index is 1.88. The maximum Gasteiger partial charge on any atom is 0.160 e. The van der Waals surface area contributed by atoms with Crippen LogP contribution in [-0.4, -0.2) is 40.9 Å². The molecule has 0 aromatic heterocycles. The van der Waals surface area contributed by atoms with Crippen LogP contribution >= 0.6 is 0 Å². The molecule has 1 aromatic rings. The quantitative estimate of drug-likeness (QED) is 0.872. The molecule has 0 spiro atoms. The van der Waals surface area contributed by atoms with Crippen LogP contribution in [-0.2, 0) is 0 Å². The van der Waals surface area contributed by atoms with E-state index in [0.717, 1.165) is 24.9 Å². The summed E-state index contributed by atoms with van der Waals surface area (Å²) >= 11 is 0. The topological polar surface area (TPSA) is 52.9 Å². The fraction of sp³-hybridized carbons (Fsp3) is 0.625. The van der Waals surface area contributed by atoms with Crippen LogP contribution in [0, 0.1) is 0 Å². The highest BCUT2D eigenvalue weighted by atomic mass is 16.5. The Bertz CT molecular complexity index is 477. The number of fused-ring (bicyclic) bond motifs is 1. The number of rotatable bonds is 2. The van der Waals surface area contributed by atoms with E-state index in [2.05, 4.69) is 4.90 Å². The van der Waals surface area contributed by atoms with Gasteiger partial charge in [0.1, 0.15) is 0 Å². The molecular formula is C16H23NO3. The smallest absolute Gasteiger partial charge is 0.160 e. The zero-order chi connectivity index (χ0) is 14.1. The first-order valence-electron chi connectivity index (χ1n) is 7.49. The molecule has 0 saturated carbocycles. The number of phenols is 1. The predicted octanol–water partition coefficient (Wildman–Crippen LogP) is 2.45. The number of hydrogen-bond donors (Lipinski definition) is 2. The number of phenolic OH excluding ortho intramolecular Hbond substituents is 1. The summed E-state index contributed by atoms with van der Waals surface area (Å²) in [5.41, 5.74) is 1.08. The monoisotopic (exact) mass is 277 g/mol. The van der Waals surface area contributed by atoms with Gasteiger partial charge in [0.15, 0.2) is 11.5 Å². The van der Waals surface area contributed by atoms with Crippen LogP contribution in [0.25, 0.3) is 0 Å². The Kier molecular flexibility index (Phi) is 3.85. The van der Waals surface area contributed by atoms with Gasteiger partial charge < -0.3 is 14.9 Å². The lowest BCUT2D eigenvalue weighted by atomic mass is 9.84. The van der Waals surface area contributed by atoms with Crippen molar-refractivity contribution in [3.05, 3.63) is 23.8 Å². The molecule has 2 aliphatic heterocycles. The molecule has 0 unspecified atom stereocenters. The molecule has 4 heteroatoms. The molecule has 4 nitrogen and oxygen atoms in total. The first kappa shape index (κ1) is 13.7. The molecule has 2 fully saturated rings. The lowest BCUT2D eigenvalue weighted by Crippen LogP contribution is -2.48. The lowest BCUT2D eigenvalue weighted by Gasteiger charge is -2.47. The molecule has 2 aliphatic rings. The van der Waals surface area contributed by atoms with E-state index >= 15 is 0 Å². The highest BCUT2D eigenvalue weighted by Crippen LogP contribution is 2.40. The van der Waals surface area contributed by atoms with Gasteiger partial charge in [0.2, 0.25) is 0 Å². The maximum absolute atomic E-state index is 10.1. The van der Waals surface area contributed by atoms with Crippen LogP contribution in [0.15, 0.2) is 18.2 Å². The third kappa shape index (κ3) is 2.50. The summed E-state index contributed by atoms with van der Waals surface area (Å²) in [7, 11) is 1.56. The number of nitrogens with zero attached hydrogens (tertiary/aromatic N) is 1. The second kappa shape index (κ2) is 5.62. The van der Waals surface area contributed by atoms with Crippen molar-refractivity contribution in [2.45, 2.75) is 50.3 Å². The average Bonchev–Trinajstić information content (AvgIpc) is 2.46. The van der Waals surface area contributed by atoms with Crippen LogP contribution in [0.4, 0.5) is 0 Å². The van der Waals surface area contributed by atoms with E-state index < -0.39 is 0 Å². The summed E-state index contributed by atoms with van der Waals surface area (Å²) < 4.78 is 5.10. The molecule has 2 N–H and O–H groups in total. The van der Waals surface area contributed by atoms with Gasteiger partial charge in [-0.25, -0.2) is 0 Å². The predicted molar refractivity (Wildman–Crippen MR) is 77.0 cm³/mol. The van der Waals surface area contributed by atoms with E-state index in [4.69, 9.17) is 4.74 Å². The van der Waals surface area contributed by atoms with Crippen molar-refractivity contribution in [2.75, 3.05) is 13.7 Å². The summed E-state index contributed by atoms with van der Waals surface area (Å²) in [4.78, 5) is 2.51. The Morgan fingerprint density at radius 2 is 2.10 bits per heavy atom. The zero-order valence-electron chi connectivity index (χ0n) is 12.0. The summed E-state index contributed by atoms with van der Waals surface area (Å²) in [6.07, 6.45) is 5.07. The summed E-state index contributed by atoms with van der Waals surface area (Å²) in [6, 6.07) is 6.30. The number of piperidine rings is 2. The number of aliphatic hydroxyl groups excluding tert-OH is 1. The first-order chi connectivity index (χ1) is 9.69. The number of methoxy groups -OCH3 is 1. The van der Waals surface area contributed by atoms with Crippen molar-refractivity contribution in [3.8, 4) is 11.5 Å². The maximum atomic E-state index is 10.1. The largest absolute Gasteiger partial charge is 0.504 e. The van der Waals surface area contributed by atoms with Gasteiger partial charge in [0.25, 0.3) is 0 Å². The van der Waals surface area contributed by atoms with Crippen LogP contribution in [0.1, 0.15) is 43.7 Å². The second-order valence-corrected chi connectivity index (χ2v) is 5.96. The summed E-state index contributed by atoms with van der Waals surface area (Å²) in [5, 5.41) is 20.1. The Morgan fingerprint density at radius 1 is 1.25 bits per heavy atom. The van der Waals surface area contributed by atoms with E-state index in [-0.39, 0.29) is 17.9 Å². The van der Waals surface area contributed by atoms with E-state index in [1.54, 1.807) is 13.2 Å². The Morgan fingerprint density at radius 3 is 2.85 bits per heavy atom. The van der Waals surface area contributed by atoms with Crippen molar-refractivity contribution in [1.82, 2.24) is 4.90 Å². The fourth-order valence-electron chi connectivity index (χ4n) is 3.73. The molecule has 0 bridgehead atoms. The van der Waals surface area contributed by atoms with Gasteiger partial charge in [-0.05, 0) is 49.9 Å². The minimum atomic E-state index is -0.233. The number of hydrogen-bond acceptors (Lipinski definition) is 4. The van der Waals surface area contributed by atoms with Crippen LogP contribution < -0.4 is 4.74 Å². The SMILES string of the molecule is COc1ccc([C@H]2C[C@@H](O)C[C@@H]3CCCCN32)cc1O. The molecule has 0 aliphatic carbocycles. The average molecular weight is 277 g/mol. The van der Waals surface area contributed by atoms with Crippen molar-refractivity contribution in [3.63, 3.8) is 0 Å². The minimum absolute atomic E-state index is 0.179. The number of aliphatic hydroxyl groups is 1. The van der Waals surface area contributed by atoms with E-state index in [0.29, 0.717) is 11.8 Å². The normalized spacial score (nSPS) is 30.8. The number of aromatic hydroxyl groups is 1. The van der Waals surface area contributed by atoms with Crippen molar-refractivity contribution < 1.29 is 14.9 Å². The molecule has 20 heavy (non-hydrogen) atoms. The van der Waals surface area contributed by atoms with Gasteiger partial charge in [0, 0.05) is 12.1 Å². The zero-order valence-corrected chi connectivity index (χ0v) is 12.0. The molecule has 110 valence electrons. The molecule has 1 aromatic carbocycles.